The first-order valence-electron chi connectivity index (χ1n) is 6.14. The van der Waals surface area contributed by atoms with E-state index >= 15 is 0 Å². The molecule has 0 saturated carbocycles. The Kier molecular flexibility index (Phi) is 5.03. The number of carbonyl (C=O) groups is 1. The van der Waals surface area contributed by atoms with E-state index in [0.717, 1.165) is 44.1 Å². The molecule has 2 rings (SSSR count). The van der Waals surface area contributed by atoms with Gasteiger partial charge in [-0.05, 0) is 31.4 Å². The number of nitrogens with zero attached hydrogens (tertiary/aromatic N) is 3. The molecule has 0 atom stereocenters. The Morgan fingerprint density at radius 3 is 2.94 bits per heavy atom. The zero-order valence-electron chi connectivity index (χ0n) is 10.5. The fourth-order valence-corrected chi connectivity index (χ4v) is 2.32. The SMILES string of the molecule is Cc1snnc1C(=O)NCCCN1CCOCC1. The van der Waals surface area contributed by atoms with Gasteiger partial charge in [0.1, 0.15) is 0 Å². The molecule has 1 aliphatic rings. The summed E-state index contributed by atoms with van der Waals surface area (Å²) in [7, 11) is 0. The Labute approximate surface area is 110 Å². The van der Waals surface area contributed by atoms with Gasteiger partial charge in [0.05, 0.1) is 18.1 Å². The van der Waals surface area contributed by atoms with Crippen LogP contribution in [0.25, 0.3) is 0 Å². The summed E-state index contributed by atoms with van der Waals surface area (Å²) in [4.78, 5) is 15.0. The minimum Gasteiger partial charge on any atom is -0.379 e. The fraction of sp³-hybridized carbons (Fsp3) is 0.727. The zero-order chi connectivity index (χ0) is 12.8. The van der Waals surface area contributed by atoms with Crippen molar-refractivity contribution in [2.75, 3.05) is 39.4 Å². The Morgan fingerprint density at radius 2 is 2.28 bits per heavy atom. The van der Waals surface area contributed by atoms with Gasteiger partial charge in [-0.3, -0.25) is 9.69 Å². The maximum atomic E-state index is 11.7. The summed E-state index contributed by atoms with van der Waals surface area (Å²) in [5.41, 5.74) is 0.450. The molecule has 1 saturated heterocycles. The molecule has 0 aliphatic carbocycles. The van der Waals surface area contributed by atoms with Gasteiger partial charge in [0, 0.05) is 19.6 Å². The van der Waals surface area contributed by atoms with Crippen LogP contribution in [-0.4, -0.2) is 59.8 Å². The summed E-state index contributed by atoms with van der Waals surface area (Å²) >= 11 is 1.25. The Morgan fingerprint density at radius 1 is 1.50 bits per heavy atom. The second-order valence-electron chi connectivity index (χ2n) is 4.24. The van der Waals surface area contributed by atoms with E-state index in [1.807, 2.05) is 6.92 Å². The zero-order valence-corrected chi connectivity index (χ0v) is 11.3. The topological polar surface area (TPSA) is 67.4 Å². The van der Waals surface area contributed by atoms with E-state index < -0.39 is 0 Å². The molecule has 0 radical (unpaired) electrons. The predicted octanol–water partition coefficient (Wildman–Crippen LogP) is 0.299. The first kappa shape index (κ1) is 13.4. The average molecular weight is 270 g/mol. The van der Waals surface area contributed by atoms with E-state index in [4.69, 9.17) is 4.74 Å². The third-order valence-electron chi connectivity index (χ3n) is 2.91. The summed E-state index contributed by atoms with van der Waals surface area (Å²) in [6, 6.07) is 0. The lowest BCUT2D eigenvalue weighted by molar-refractivity contribution is 0.0374. The van der Waals surface area contributed by atoms with Crippen LogP contribution in [0.5, 0.6) is 0 Å². The molecule has 100 valence electrons. The summed E-state index contributed by atoms with van der Waals surface area (Å²) in [5.74, 6) is -0.122. The maximum absolute atomic E-state index is 11.7. The van der Waals surface area contributed by atoms with Crippen molar-refractivity contribution < 1.29 is 9.53 Å². The molecule has 2 heterocycles. The van der Waals surface area contributed by atoms with Gasteiger partial charge in [0.2, 0.25) is 0 Å². The molecule has 1 fully saturated rings. The van der Waals surface area contributed by atoms with E-state index in [-0.39, 0.29) is 5.91 Å². The second kappa shape index (κ2) is 6.77. The van der Waals surface area contributed by atoms with Crippen LogP contribution in [0.1, 0.15) is 21.8 Å². The highest BCUT2D eigenvalue weighted by Gasteiger charge is 2.13. The van der Waals surface area contributed by atoms with Crippen LogP contribution in [0.2, 0.25) is 0 Å². The highest BCUT2D eigenvalue weighted by Crippen LogP contribution is 2.07. The van der Waals surface area contributed by atoms with Crippen molar-refractivity contribution in [3.8, 4) is 0 Å². The first-order valence-corrected chi connectivity index (χ1v) is 6.92. The maximum Gasteiger partial charge on any atom is 0.273 e. The minimum atomic E-state index is -0.122. The third-order valence-corrected chi connectivity index (χ3v) is 3.54. The van der Waals surface area contributed by atoms with Gasteiger partial charge in [-0.25, -0.2) is 0 Å². The second-order valence-corrected chi connectivity index (χ2v) is 5.20. The molecule has 1 N–H and O–H groups in total. The molecule has 0 spiro atoms. The standard InChI is InChI=1S/C11H18N4O2S/c1-9-10(13-14-18-9)11(16)12-3-2-4-15-5-7-17-8-6-15/h2-8H2,1H3,(H,12,16). The van der Waals surface area contributed by atoms with Crippen LogP contribution >= 0.6 is 11.5 Å². The smallest absolute Gasteiger partial charge is 0.273 e. The van der Waals surface area contributed by atoms with Gasteiger partial charge in [-0.2, -0.15) is 0 Å². The number of aryl methyl sites for hydroxylation is 1. The van der Waals surface area contributed by atoms with Gasteiger partial charge >= 0.3 is 0 Å². The van der Waals surface area contributed by atoms with Gasteiger partial charge in [-0.1, -0.05) is 4.49 Å². The molecule has 1 aromatic heterocycles. The number of ether oxygens (including phenoxy) is 1. The highest BCUT2D eigenvalue weighted by atomic mass is 32.1. The number of aromatic nitrogens is 2. The fourth-order valence-electron chi connectivity index (χ4n) is 1.85. The molecule has 1 amide bonds. The molecule has 0 unspecified atom stereocenters. The minimum absolute atomic E-state index is 0.122. The van der Waals surface area contributed by atoms with E-state index in [9.17, 15) is 4.79 Å². The largest absolute Gasteiger partial charge is 0.379 e. The van der Waals surface area contributed by atoms with Gasteiger partial charge in [-0.15, -0.1) is 5.10 Å². The van der Waals surface area contributed by atoms with Crippen LogP contribution < -0.4 is 5.32 Å². The summed E-state index contributed by atoms with van der Waals surface area (Å²) in [5, 5.41) is 6.69. The molecular weight excluding hydrogens is 252 g/mol. The normalized spacial score (nSPS) is 16.7. The van der Waals surface area contributed by atoms with Crippen molar-refractivity contribution in [1.82, 2.24) is 19.8 Å². The number of nitrogens with one attached hydrogen (secondary N) is 1. The molecule has 0 bridgehead atoms. The number of carbonyl (C=O) groups excluding carboxylic acids is 1. The number of morpholine rings is 1. The monoisotopic (exact) mass is 270 g/mol. The van der Waals surface area contributed by atoms with Crippen molar-refractivity contribution in [3.05, 3.63) is 10.6 Å². The molecule has 6 nitrogen and oxygen atoms in total. The molecule has 18 heavy (non-hydrogen) atoms. The predicted molar refractivity (Wildman–Crippen MR) is 68.9 cm³/mol. The van der Waals surface area contributed by atoms with E-state index in [1.54, 1.807) is 0 Å². The van der Waals surface area contributed by atoms with Crippen LogP contribution in [0, 0.1) is 6.92 Å². The van der Waals surface area contributed by atoms with Crippen LogP contribution in [0.15, 0.2) is 0 Å². The Hall–Kier alpha value is -1.05. The van der Waals surface area contributed by atoms with Crippen molar-refractivity contribution in [2.45, 2.75) is 13.3 Å². The number of hydrogen-bond acceptors (Lipinski definition) is 6. The number of hydrogen-bond donors (Lipinski definition) is 1. The van der Waals surface area contributed by atoms with Crippen molar-refractivity contribution in [2.24, 2.45) is 0 Å². The first-order chi connectivity index (χ1) is 8.77. The van der Waals surface area contributed by atoms with Gasteiger partial charge in [0.15, 0.2) is 5.69 Å². The molecule has 7 heteroatoms. The third kappa shape index (κ3) is 3.72. The lowest BCUT2D eigenvalue weighted by atomic mass is 10.3. The van der Waals surface area contributed by atoms with Gasteiger partial charge in [0.25, 0.3) is 5.91 Å². The number of rotatable bonds is 5. The van der Waals surface area contributed by atoms with Crippen molar-refractivity contribution >= 4 is 17.4 Å². The summed E-state index contributed by atoms with van der Waals surface area (Å²) in [6.07, 6.45) is 0.947. The van der Waals surface area contributed by atoms with Crippen LogP contribution in [0.4, 0.5) is 0 Å². The number of amides is 1. The highest BCUT2D eigenvalue weighted by molar-refractivity contribution is 7.05. The van der Waals surface area contributed by atoms with Crippen LogP contribution in [-0.2, 0) is 4.74 Å². The Balaban J connectivity index is 1.63. The van der Waals surface area contributed by atoms with Crippen LogP contribution in [0.3, 0.4) is 0 Å². The van der Waals surface area contributed by atoms with E-state index in [0.29, 0.717) is 12.2 Å². The van der Waals surface area contributed by atoms with E-state index in [2.05, 4.69) is 19.8 Å². The average Bonchev–Trinajstić information content (AvgIpc) is 2.82. The molecule has 1 aliphatic heterocycles. The quantitative estimate of drug-likeness (QED) is 0.779. The van der Waals surface area contributed by atoms with Crippen molar-refractivity contribution in [1.29, 1.82) is 0 Å². The molecule has 0 aromatic carbocycles. The van der Waals surface area contributed by atoms with Crippen molar-refractivity contribution in [3.63, 3.8) is 0 Å². The summed E-state index contributed by atoms with van der Waals surface area (Å²) in [6.45, 7) is 7.14. The lowest BCUT2D eigenvalue weighted by Gasteiger charge is -2.26. The summed E-state index contributed by atoms with van der Waals surface area (Å²) < 4.78 is 9.03. The van der Waals surface area contributed by atoms with Gasteiger partial charge < -0.3 is 10.1 Å². The molecular formula is C11H18N4O2S. The molecule has 1 aromatic rings. The van der Waals surface area contributed by atoms with E-state index in [1.165, 1.54) is 11.5 Å². The lowest BCUT2D eigenvalue weighted by Crippen LogP contribution is -2.38. The Bertz CT molecular complexity index is 390.